The Morgan fingerprint density at radius 2 is 2.10 bits per heavy atom. The monoisotopic (exact) mass is 292 g/mol. The second-order valence-electron chi connectivity index (χ2n) is 5.63. The van der Waals surface area contributed by atoms with Gasteiger partial charge in [0.15, 0.2) is 0 Å². The van der Waals surface area contributed by atoms with Crippen LogP contribution in [0, 0.1) is 20.8 Å². The molecule has 2 aromatic rings. The predicted octanol–water partition coefficient (Wildman–Crippen LogP) is 1.48. The van der Waals surface area contributed by atoms with Gasteiger partial charge in [-0.25, -0.2) is 0 Å². The molecular formula is C15H24N4O2. The van der Waals surface area contributed by atoms with Crippen LogP contribution in [0.5, 0.6) is 0 Å². The fourth-order valence-electron chi connectivity index (χ4n) is 2.41. The van der Waals surface area contributed by atoms with Crippen molar-refractivity contribution in [3.8, 4) is 0 Å². The molecule has 2 rings (SSSR count). The van der Waals surface area contributed by atoms with E-state index in [0.29, 0.717) is 25.3 Å². The van der Waals surface area contributed by atoms with Crippen molar-refractivity contribution < 1.29 is 9.52 Å². The quantitative estimate of drug-likeness (QED) is 0.843. The van der Waals surface area contributed by atoms with Crippen LogP contribution >= 0.6 is 0 Å². The zero-order chi connectivity index (χ0) is 15.6. The average Bonchev–Trinajstić information content (AvgIpc) is 2.89. The summed E-state index contributed by atoms with van der Waals surface area (Å²) >= 11 is 0. The minimum Gasteiger partial charge on any atom is -0.465 e. The number of nitrogens with two attached hydrogens (primary N) is 1. The molecule has 116 valence electrons. The fraction of sp³-hybridized carbons (Fsp3) is 0.533. The molecule has 6 heteroatoms. The number of anilines is 1. The van der Waals surface area contributed by atoms with Crippen molar-refractivity contribution >= 4 is 5.69 Å². The van der Waals surface area contributed by atoms with Crippen LogP contribution in [0.3, 0.4) is 0 Å². The van der Waals surface area contributed by atoms with Crippen molar-refractivity contribution in [3.05, 3.63) is 35.0 Å². The summed E-state index contributed by atoms with van der Waals surface area (Å²) < 4.78 is 7.30. The number of nitrogen functional groups attached to an aromatic ring is 1. The van der Waals surface area contributed by atoms with Gasteiger partial charge in [-0.2, -0.15) is 5.10 Å². The van der Waals surface area contributed by atoms with Gasteiger partial charge in [-0.3, -0.25) is 9.58 Å². The molecule has 2 heterocycles. The molecule has 0 radical (unpaired) electrons. The summed E-state index contributed by atoms with van der Waals surface area (Å²) in [6.45, 7) is 7.35. The molecule has 0 aromatic carbocycles. The standard InChI is InChI=1S/C15H24N4O2/c1-10-5-6-14(21-10)9-18(4)7-13(20)8-19-12(3)15(16)11(2)17-19/h5-6,13,20H,7-9,16H2,1-4H3. The number of aliphatic hydroxyl groups excluding tert-OH is 1. The van der Waals surface area contributed by atoms with Gasteiger partial charge in [0.1, 0.15) is 11.5 Å². The molecule has 0 bridgehead atoms. The molecule has 0 saturated heterocycles. The highest BCUT2D eigenvalue weighted by Gasteiger charge is 2.14. The summed E-state index contributed by atoms with van der Waals surface area (Å²) in [5.74, 6) is 1.80. The third-order valence-corrected chi connectivity index (χ3v) is 3.57. The number of aromatic nitrogens is 2. The van der Waals surface area contributed by atoms with Crippen LogP contribution in [0.2, 0.25) is 0 Å². The Bertz CT molecular complexity index is 603. The Labute approximate surface area is 125 Å². The average molecular weight is 292 g/mol. The van der Waals surface area contributed by atoms with Gasteiger partial charge in [-0.05, 0) is 40.0 Å². The largest absolute Gasteiger partial charge is 0.465 e. The van der Waals surface area contributed by atoms with Crippen molar-refractivity contribution in [2.24, 2.45) is 0 Å². The first-order valence-corrected chi connectivity index (χ1v) is 7.08. The summed E-state index contributed by atoms with van der Waals surface area (Å²) in [6.07, 6.45) is -0.511. The smallest absolute Gasteiger partial charge is 0.118 e. The number of hydrogen-bond donors (Lipinski definition) is 2. The summed E-state index contributed by atoms with van der Waals surface area (Å²) in [5.41, 5.74) is 8.30. The van der Waals surface area contributed by atoms with Crippen LogP contribution in [0.25, 0.3) is 0 Å². The third-order valence-electron chi connectivity index (χ3n) is 3.57. The molecule has 2 aromatic heterocycles. The second kappa shape index (κ2) is 6.32. The van der Waals surface area contributed by atoms with Crippen molar-refractivity contribution in [2.75, 3.05) is 19.3 Å². The minimum absolute atomic E-state index is 0.436. The Kier molecular flexibility index (Phi) is 4.69. The zero-order valence-corrected chi connectivity index (χ0v) is 13.1. The Morgan fingerprint density at radius 1 is 1.38 bits per heavy atom. The highest BCUT2D eigenvalue weighted by atomic mass is 16.3. The predicted molar refractivity (Wildman–Crippen MR) is 81.9 cm³/mol. The van der Waals surface area contributed by atoms with Gasteiger partial charge in [-0.1, -0.05) is 0 Å². The van der Waals surface area contributed by atoms with Gasteiger partial charge in [0.05, 0.1) is 36.3 Å². The molecule has 0 fully saturated rings. The van der Waals surface area contributed by atoms with Crippen molar-refractivity contribution in [1.29, 1.82) is 0 Å². The van der Waals surface area contributed by atoms with Gasteiger partial charge in [0, 0.05) is 6.54 Å². The van der Waals surface area contributed by atoms with Crippen LogP contribution in [-0.4, -0.2) is 39.5 Å². The summed E-state index contributed by atoms with van der Waals surface area (Å²) in [7, 11) is 1.95. The lowest BCUT2D eigenvalue weighted by atomic mass is 10.3. The Balaban J connectivity index is 1.88. The second-order valence-corrected chi connectivity index (χ2v) is 5.63. The van der Waals surface area contributed by atoms with Gasteiger partial charge in [0.25, 0.3) is 0 Å². The topological polar surface area (TPSA) is 80.5 Å². The first-order valence-electron chi connectivity index (χ1n) is 7.08. The first kappa shape index (κ1) is 15.6. The van der Waals surface area contributed by atoms with E-state index in [2.05, 4.69) is 5.10 Å². The van der Waals surface area contributed by atoms with E-state index in [4.69, 9.17) is 10.2 Å². The molecule has 1 unspecified atom stereocenters. The fourth-order valence-corrected chi connectivity index (χ4v) is 2.41. The Hall–Kier alpha value is -1.79. The minimum atomic E-state index is -0.511. The maximum Gasteiger partial charge on any atom is 0.118 e. The van der Waals surface area contributed by atoms with E-state index in [0.717, 1.165) is 22.9 Å². The van der Waals surface area contributed by atoms with E-state index < -0.39 is 6.10 Å². The number of furan rings is 1. The molecule has 3 N–H and O–H groups in total. The van der Waals surface area contributed by atoms with Crippen LogP contribution < -0.4 is 5.73 Å². The molecule has 6 nitrogen and oxygen atoms in total. The lowest BCUT2D eigenvalue weighted by Gasteiger charge is -2.20. The highest BCUT2D eigenvalue weighted by Crippen LogP contribution is 2.15. The van der Waals surface area contributed by atoms with Gasteiger partial charge < -0.3 is 15.3 Å². The van der Waals surface area contributed by atoms with Crippen LogP contribution in [0.1, 0.15) is 22.9 Å². The van der Waals surface area contributed by atoms with Crippen LogP contribution in [0.15, 0.2) is 16.5 Å². The third kappa shape index (κ3) is 3.86. The molecule has 0 aliphatic heterocycles. The molecular weight excluding hydrogens is 268 g/mol. The summed E-state index contributed by atoms with van der Waals surface area (Å²) in [6, 6.07) is 3.90. The van der Waals surface area contributed by atoms with Crippen LogP contribution in [0.4, 0.5) is 5.69 Å². The Morgan fingerprint density at radius 3 is 2.62 bits per heavy atom. The van der Waals surface area contributed by atoms with Crippen LogP contribution in [-0.2, 0) is 13.1 Å². The maximum absolute atomic E-state index is 10.2. The molecule has 0 saturated carbocycles. The van der Waals surface area contributed by atoms with Gasteiger partial charge >= 0.3 is 0 Å². The lowest BCUT2D eigenvalue weighted by molar-refractivity contribution is 0.100. The number of rotatable bonds is 6. The molecule has 0 aliphatic rings. The van der Waals surface area contributed by atoms with E-state index >= 15 is 0 Å². The normalized spacial score (nSPS) is 13.0. The number of aliphatic hydroxyl groups is 1. The molecule has 0 spiro atoms. The van der Waals surface area contributed by atoms with E-state index in [-0.39, 0.29) is 0 Å². The van der Waals surface area contributed by atoms with Crippen molar-refractivity contribution in [3.63, 3.8) is 0 Å². The molecule has 0 aliphatic carbocycles. The molecule has 1 atom stereocenters. The lowest BCUT2D eigenvalue weighted by Crippen LogP contribution is -2.32. The maximum atomic E-state index is 10.2. The van der Waals surface area contributed by atoms with Crippen molar-refractivity contribution in [2.45, 2.75) is 40.0 Å². The highest BCUT2D eigenvalue weighted by molar-refractivity contribution is 5.46. The van der Waals surface area contributed by atoms with E-state index in [1.807, 2.05) is 44.9 Å². The summed E-state index contributed by atoms with van der Waals surface area (Å²) in [5, 5.41) is 14.5. The van der Waals surface area contributed by atoms with E-state index in [1.165, 1.54) is 0 Å². The number of aryl methyl sites for hydroxylation is 2. The molecule has 0 amide bonds. The number of nitrogens with zero attached hydrogens (tertiary/aromatic N) is 3. The van der Waals surface area contributed by atoms with E-state index in [1.54, 1.807) is 4.68 Å². The first-order chi connectivity index (χ1) is 9.86. The number of likely N-dealkylation sites (N-methyl/N-ethyl adjacent to an activating group) is 1. The summed E-state index contributed by atoms with van der Waals surface area (Å²) in [4.78, 5) is 2.03. The SMILES string of the molecule is Cc1ccc(CN(C)CC(O)Cn2nc(C)c(N)c2C)o1. The zero-order valence-electron chi connectivity index (χ0n) is 13.1. The molecule has 21 heavy (non-hydrogen) atoms. The number of hydrogen-bond acceptors (Lipinski definition) is 5. The van der Waals surface area contributed by atoms with Gasteiger partial charge in [-0.15, -0.1) is 0 Å². The van der Waals surface area contributed by atoms with E-state index in [9.17, 15) is 5.11 Å². The van der Waals surface area contributed by atoms with Gasteiger partial charge in [0.2, 0.25) is 0 Å². The van der Waals surface area contributed by atoms with Crippen molar-refractivity contribution in [1.82, 2.24) is 14.7 Å².